The van der Waals surface area contributed by atoms with E-state index in [2.05, 4.69) is 19.9 Å². The van der Waals surface area contributed by atoms with Crippen LogP contribution >= 0.6 is 8.60 Å². The summed E-state index contributed by atoms with van der Waals surface area (Å²) in [5.74, 6) is 0.217. The van der Waals surface area contributed by atoms with Gasteiger partial charge in [0.2, 0.25) is 0 Å². The number of rotatable bonds is 5. The van der Waals surface area contributed by atoms with Crippen molar-refractivity contribution in [1.82, 2.24) is 24.5 Å². The van der Waals surface area contributed by atoms with Crippen molar-refractivity contribution >= 4 is 25.6 Å². The maximum Gasteiger partial charge on any atom is 0.333 e. The molecule has 0 amide bonds. The van der Waals surface area contributed by atoms with E-state index in [4.69, 9.17) is 24.0 Å². The van der Waals surface area contributed by atoms with Crippen molar-refractivity contribution in [3.8, 4) is 0 Å². The van der Waals surface area contributed by atoms with Gasteiger partial charge in [0.05, 0.1) is 25.6 Å². The van der Waals surface area contributed by atoms with Crippen LogP contribution in [0.1, 0.15) is 24.3 Å². The molecule has 2 saturated heterocycles. The summed E-state index contributed by atoms with van der Waals surface area (Å²) in [7, 11) is -1.63. The van der Waals surface area contributed by atoms with Crippen LogP contribution in [0.3, 0.4) is 0 Å². The monoisotopic (exact) mass is 448 g/mol. The van der Waals surface area contributed by atoms with E-state index in [1.54, 1.807) is 12.4 Å². The Hall–Kier alpha value is -2.31. The lowest BCUT2D eigenvalue weighted by Gasteiger charge is -2.29. The molecule has 0 aromatic carbocycles. The number of hydrogen-bond donors (Lipinski definition) is 3. The number of anilines is 1. The highest BCUT2D eigenvalue weighted by Gasteiger charge is 2.45. The van der Waals surface area contributed by atoms with Crippen molar-refractivity contribution in [2.24, 2.45) is 0 Å². The number of hydrogen-bond acceptors (Lipinski definition) is 11. The second kappa shape index (κ2) is 8.67. The predicted octanol–water partition coefficient (Wildman–Crippen LogP) is 0.844. The lowest BCUT2D eigenvalue weighted by molar-refractivity contribution is -0.0529. The standard InChI is InChI=1S/C18H21N6O6P/c19-16-13-17(22-8-21-16)24(9-23-13)18-15(26)14(25)12(29-18)7-28-31-27-6-3-11(30-31)10-1-4-20-5-2-10/h1-2,4-5,8-9,11-12,14-15,18,25-26H,3,6-7H2,(H2,19,21,22)/t11?,12-,14-,15-,18-,31?/m1/s1. The van der Waals surface area contributed by atoms with Crippen LogP contribution in [0.5, 0.6) is 0 Å². The minimum atomic E-state index is -1.63. The van der Waals surface area contributed by atoms with E-state index < -0.39 is 33.1 Å². The molecule has 13 heteroatoms. The second-order valence-corrected chi connectivity index (χ2v) is 8.32. The summed E-state index contributed by atoms with van der Waals surface area (Å²) in [6, 6.07) is 3.78. The predicted molar refractivity (Wildman–Crippen MR) is 107 cm³/mol. The molecule has 3 aromatic heterocycles. The normalized spacial score (nSPS) is 31.3. The van der Waals surface area contributed by atoms with Crippen LogP contribution in [0.15, 0.2) is 37.2 Å². The summed E-state index contributed by atoms with van der Waals surface area (Å²) in [4.78, 5) is 16.2. The van der Waals surface area contributed by atoms with Crippen molar-refractivity contribution in [3.05, 3.63) is 42.7 Å². The van der Waals surface area contributed by atoms with Gasteiger partial charge < -0.3 is 34.3 Å². The largest absolute Gasteiger partial charge is 0.387 e. The molecule has 0 aliphatic carbocycles. The first-order chi connectivity index (χ1) is 15.1. The zero-order valence-corrected chi connectivity index (χ0v) is 17.2. The average Bonchev–Trinajstić information content (AvgIpc) is 3.35. The number of ether oxygens (including phenoxy) is 1. The Balaban J connectivity index is 1.24. The Bertz CT molecular complexity index is 1040. The molecule has 0 bridgehead atoms. The van der Waals surface area contributed by atoms with Crippen LogP contribution in [0.4, 0.5) is 5.82 Å². The third-order valence-corrected chi connectivity index (χ3v) is 6.39. The Labute approximate surface area is 178 Å². The average molecular weight is 448 g/mol. The Morgan fingerprint density at radius 3 is 2.87 bits per heavy atom. The molecule has 2 aliphatic heterocycles. The van der Waals surface area contributed by atoms with E-state index in [-0.39, 0.29) is 18.5 Å². The van der Waals surface area contributed by atoms with Gasteiger partial charge in [-0.1, -0.05) is 0 Å². The van der Waals surface area contributed by atoms with Crippen molar-refractivity contribution in [1.29, 1.82) is 0 Å². The van der Waals surface area contributed by atoms with Crippen LogP contribution in [-0.2, 0) is 18.3 Å². The quantitative estimate of drug-likeness (QED) is 0.475. The number of fused-ring (bicyclic) bond motifs is 1. The van der Waals surface area contributed by atoms with Crippen LogP contribution < -0.4 is 5.73 Å². The number of nitrogens with zero attached hydrogens (tertiary/aromatic N) is 5. The van der Waals surface area contributed by atoms with Crippen LogP contribution in [0, 0.1) is 0 Å². The third-order valence-electron chi connectivity index (χ3n) is 5.21. The highest BCUT2D eigenvalue weighted by atomic mass is 31.2. The summed E-state index contributed by atoms with van der Waals surface area (Å²) < 4.78 is 24.6. The number of aliphatic hydroxyl groups is 2. The van der Waals surface area contributed by atoms with Crippen LogP contribution in [0.2, 0.25) is 0 Å². The number of nitrogens with two attached hydrogens (primary N) is 1. The maximum atomic E-state index is 10.5. The van der Waals surface area contributed by atoms with Gasteiger partial charge >= 0.3 is 8.60 Å². The van der Waals surface area contributed by atoms with E-state index in [1.807, 2.05) is 12.1 Å². The molecular formula is C18H21N6O6P. The van der Waals surface area contributed by atoms with E-state index in [1.165, 1.54) is 17.2 Å². The minimum absolute atomic E-state index is 0.0206. The number of aliphatic hydroxyl groups excluding tert-OH is 2. The van der Waals surface area contributed by atoms with Gasteiger partial charge in [0, 0.05) is 18.8 Å². The molecule has 164 valence electrons. The zero-order chi connectivity index (χ0) is 21.4. The highest BCUT2D eigenvalue weighted by Crippen LogP contribution is 2.50. The maximum absolute atomic E-state index is 10.5. The molecule has 4 N–H and O–H groups in total. The van der Waals surface area contributed by atoms with Gasteiger partial charge in [-0.2, -0.15) is 0 Å². The van der Waals surface area contributed by atoms with Gasteiger partial charge in [-0.3, -0.25) is 9.55 Å². The van der Waals surface area contributed by atoms with E-state index in [0.717, 1.165) is 5.56 Å². The molecule has 5 heterocycles. The fraction of sp³-hybridized carbons (Fsp3) is 0.444. The Morgan fingerprint density at radius 2 is 2.03 bits per heavy atom. The fourth-order valence-corrected chi connectivity index (χ4v) is 4.74. The van der Waals surface area contributed by atoms with Crippen molar-refractivity contribution in [2.75, 3.05) is 18.9 Å². The minimum Gasteiger partial charge on any atom is -0.387 e. The molecule has 3 aromatic rings. The molecule has 5 rings (SSSR count). The van der Waals surface area contributed by atoms with Crippen molar-refractivity contribution in [2.45, 2.75) is 37.1 Å². The lowest BCUT2D eigenvalue weighted by atomic mass is 10.1. The first kappa shape index (κ1) is 20.6. The van der Waals surface area contributed by atoms with E-state index in [9.17, 15) is 10.2 Å². The molecule has 0 radical (unpaired) electrons. The Kier molecular flexibility index (Phi) is 5.76. The molecule has 2 aliphatic rings. The molecule has 31 heavy (non-hydrogen) atoms. The third kappa shape index (κ3) is 3.99. The number of imidazole rings is 1. The van der Waals surface area contributed by atoms with Crippen LogP contribution in [-0.4, -0.2) is 66.2 Å². The molecule has 12 nitrogen and oxygen atoms in total. The van der Waals surface area contributed by atoms with Gasteiger partial charge in [0.1, 0.15) is 30.2 Å². The number of pyridine rings is 1. The smallest absolute Gasteiger partial charge is 0.333 e. The van der Waals surface area contributed by atoms with E-state index in [0.29, 0.717) is 24.2 Å². The topological polar surface area (TPSA) is 160 Å². The number of nitrogen functional groups attached to an aromatic ring is 1. The van der Waals surface area contributed by atoms with E-state index >= 15 is 0 Å². The van der Waals surface area contributed by atoms with Gasteiger partial charge in [-0.15, -0.1) is 0 Å². The summed E-state index contributed by atoms with van der Waals surface area (Å²) in [5.41, 5.74) is 7.60. The molecule has 0 spiro atoms. The SMILES string of the molecule is Nc1ncnc2c1ncn2[C@@H]1O[C@H](COP2OCCC(c3ccncc3)O2)[C@@H](O)[C@H]1O. The first-order valence-electron chi connectivity index (χ1n) is 9.69. The molecule has 0 saturated carbocycles. The summed E-state index contributed by atoms with van der Waals surface area (Å²) in [6.07, 6.45) is 2.60. The highest BCUT2D eigenvalue weighted by molar-refractivity contribution is 7.41. The van der Waals surface area contributed by atoms with Gasteiger partial charge in [0.25, 0.3) is 0 Å². The first-order valence-corrected chi connectivity index (χ1v) is 10.8. The van der Waals surface area contributed by atoms with Gasteiger partial charge in [0.15, 0.2) is 17.7 Å². The molecule has 6 atom stereocenters. The summed E-state index contributed by atoms with van der Waals surface area (Å²) in [5, 5.41) is 21.0. The van der Waals surface area contributed by atoms with Crippen LogP contribution in [0.25, 0.3) is 11.2 Å². The van der Waals surface area contributed by atoms with Gasteiger partial charge in [-0.05, 0) is 17.7 Å². The fourth-order valence-electron chi connectivity index (χ4n) is 3.58. The summed E-state index contributed by atoms with van der Waals surface area (Å²) in [6.45, 7) is 0.466. The summed E-state index contributed by atoms with van der Waals surface area (Å²) >= 11 is 0. The zero-order valence-electron chi connectivity index (χ0n) is 16.3. The van der Waals surface area contributed by atoms with Crippen molar-refractivity contribution in [3.63, 3.8) is 0 Å². The Morgan fingerprint density at radius 1 is 1.19 bits per heavy atom. The molecule has 2 fully saturated rings. The van der Waals surface area contributed by atoms with Crippen molar-refractivity contribution < 1.29 is 28.5 Å². The lowest BCUT2D eigenvalue weighted by Crippen LogP contribution is -2.33. The second-order valence-electron chi connectivity index (χ2n) is 7.15. The number of aromatic nitrogens is 5. The molecule has 2 unspecified atom stereocenters. The van der Waals surface area contributed by atoms with Gasteiger partial charge in [-0.25, -0.2) is 15.0 Å². The molecular weight excluding hydrogens is 427 g/mol.